The highest BCUT2D eigenvalue weighted by Crippen LogP contribution is 2.67. The third-order valence-electron chi connectivity index (χ3n) is 9.40. The normalized spacial score (nSPS) is 60.0. The van der Waals surface area contributed by atoms with Gasteiger partial charge in [-0.15, -0.1) is 0 Å². The van der Waals surface area contributed by atoms with Gasteiger partial charge in [0, 0.05) is 0 Å². The van der Waals surface area contributed by atoms with Crippen LogP contribution in [0.4, 0.5) is 0 Å². The van der Waals surface area contributed by atoms with Crippen LogP contribution in [0.2, 0.25) is 0 Å². The molecule has 0 radical (unpaired) electrons. The van der Waals surface area contributed by atoms with Crippen molar-refractivity contribution in [3.05, 3.63) is 0 Å². The van der Waals surface area contributed by atoms with Crippen molar-refractivity contribution in [2.75, 3.05) is 0 Å². The predicted octanol–water partition coefficient (Wildman–Crippen LogP) is 6.30. The van der Waals surface area contributed by atoms with Gasteiger partial charge in [0.05, 0.1) is 0 Å². The molecular weight excluding hydrogens is 252 g/mol. The average molecular weight is 289 g/mol. The van der Waals surface area contributed by atoms with Gasteiger partial charge in [-0.2, -0.15) is 0 Å². The highest BCUT2D eigenvalue weighted by Gasteiger charge is 2.59. The molecule has 0 aromatic rings. The Morgan fingerprint density at radius 1 is 0.714 bits per heavy atom. The van der Waals surface area contributed by atoms with Crippen LogP contribution in [0.15, 0.2) is 0 Å². The molecule has 0 spiro atoms. The second kappa shape index (κ2) is 4.75. The lowest BCUT2D eigenvalue weighted by Gasteiger charge is -2.61. The fraction of sp³-hybridized carbons (Fsp3) is 1.00. The summed E-state index contributed by atoms with van der Waals surface area (Å²) >= 11 is 0. The topological polar surface area (TPSA) is 0 Å². The molecule has 4 saturated carbocycles. The van der Waals surface area contributed by atoms with E-state index in [0.717, 1.165) is 35.5 Å². The minimum atomic E-state index is 0.701. The summed E-state index contributed by atoms with van der Waals surface area (Å²) in [5.41, 5.74) is 1.41. The molecule has 0 aliphatic heterocycles. The van der Waals surface area contributed by atoms with Gasteiger partial charge in [-0.25, -0.2) is 0 Å². The lowest BCUT2D eigenvalue weighted by Crippen LogP contribution is -2.53. The summed E-state index contributed by atoms with van der Waals surface area (Å²) in [6.45, 7) is 10.4. The van der Waals surface area contributed by atoms with Crippen LogP contribution in [-0.4, -0.2) is 0 Å². The van der Waals surface area contributed by atoms with E-state index in [-0.39, 0.29) is 0 Å². The minimum absolute atomic E-state index is 0.701. The van der Waals surface area contributed by atoms with Crippen molar-refractivity contribution >= 4 is 0 Å². The standard InChI is InChI=1S/C21H36/c1-14-9-11-21(4)16(13-14)6-7-17-18-8-5-15(2)20(18,3)12-10-19(17)21/h14-19H,5-13H2,1-4H3/t14-,15?,16?,17?,18?,19?,20?,21?/m1/s1. The van der Waals surface area contributed by atoms with E-state index in [1.807, 2.05) is 0 Å². The van der Waals surface area contributed by atoms with Crippen molar-refractivity contribution in [3.8, 4) is 0 Å². The van der Waals surface area contributed by atoms with Gasteiger partial charge in [-0.1, -0.05) is 34.1 Å². The van der Waals surface area contributed by atoms with Gasteiger partial charge in [-0.3, -0.25) is 0 Å². The quantitative estimate of drug-likeness (QED) is 0.490. The molecular formula is C21H36. The summed E-state index contributed by atoms with van der Waals surface area (Å²) in [5, 5.41) is 0. The Hall–Kier alpha value is 0. The average Bonchev–Trinajstić information content (AvgIpc) is 2.76. The first-order valence-electron chi connectivity index (χ1n) is 9.95. The van der Waals surface area contributed by atoms with Gasteiger partial charge in [0.25, 0.3) is 0 Å². The molecule has 7 unspecified atom stereocenters. The van der Waals surface area contributed by atoms with Crippen molar-refractivity contribution in [3.63, 3.8) is 0 Å². The highest BCUT2D eigenvalue weighted by atomic mass is 14.6. The zero-order valence-electron chi connectivity index (χ0n) is 14.8. The molecule has 0 saturated heterocycles. The van der Waals surface area contributed by atoms with Gasteiger partial charge in [0.2, 0.25) is 0 Å². The van der Waals surface area contributed by atoms with Crippen LogP contribution in [0.3, 0.4) is 0 Å². The van der Waals surface area contributed by atoms with E-state index < -0.39 is 0 Å². The first kappa shape index (κ1) is 14.6. The van der Waals surface area contributed by atoms with Crippen LogP contribution in [0.25, 0.3) is 0 Å². The van der Waals surface area contributed by atoms with Crippen LogP contribution in [0.5, 0.6) is 0 Å². The first-order chi connectivity index (χ1) is 9.95. The smallest absolute Gasteiger partial charge is 0.0266 e. The van der Waals surface area contributed by atoms with E-state index in [1.165, 1.54) is 25.7 Å². The number of hydrogen-bond acceptors (Lipinski definition) is 0. The Morgan fingerprint density at radius 3 is 2.24 bits per heavy atom. The maximum absolute atomic E-state index is 2.71. The molecule has 0 amide bonds. The maximum Gasteiger partial charge on any atom is -0.0266 e. The molecule has 120 valence electrons. The third kappa shape index (κ3) is 1.93. The minimum Gasteiger partial charge on any atom is -0.0625 e. The second-order valence-electron chi connectivity index (χ2n) is 10.1. The predicted molar refractivity (Wildman–Crippen MR) is 90.1 cm³/mol. The van der Waals surface area contributed by atoms with Crippen LogP contribution in [0.1, 0.15) is 85.5 Å². The monoisotopic (exact) mass is 288 g/mol. The Bertz CT molecular complexity index is 412. The molecule has 4 aliphatic rings. The molecule has 4 rings (SSSR count). The van der Waals surface area contributed by atoms with Crippen LogP contribution in [0, 0.1) is 46.3 Å². The Kier molecular flexibility index (Phi) is 3.30. The number of hydrogen-bond donors (Lipinski definition) is 0. The molecule has 0 N–H and O–H groups in total. The maximum atomic E-state index is 2.71. The van der Waals surface area contributed by atoms with Crippen molar-refractivity contribution in [1.82, 2.24) is 0 Å². The third-order valence-corrected chi connectivity index (χ3v) is 9.40. The van der Waals surface area contributed by atoms with E-state index in [4.69, 9.17) is 0 Å². The van der Waals surface area contributed by atoms with E-state index >= 15 is 0 Å². The lowest BCUT2D eigenvalue weighted by molar-refractivity contribution is -0.115. The molecule has 4 aliphatic carbocycles. The first-order valence-corrected chi connectivity index (χ1v) is 9.95. The lowest BCUT2D eigenvalue weighted by atomic mass is 9.44. The van der Waals surface area contributed by atoms with Crippen molar-refractivity contribution in [2.24, 2.45) is 46.3 Å². The van der Waals surface area contributed by atoms with E-state index in [0.29, 0.717) is 10.8 Å². The van der Waals surface area contributed by atoms with Crippen molar-refractivity contribution in [1.29, 1.82) is 0 Å². The molecule has 0 heteroatoms. The summed E-state index contributed by atoms with van der Waals surface area (Å²) in [6.07, 6.45) is 13.9. The molecule has 0 aromatic carbocycles. The van der Waals surface area contributed by atoms with Gasteiger partial charge < -0.3 is 0 Å². The fourth-order valence-electron chi connectivity index (χ4n) is 7.74. The molecule has 21 heavy (non-hydrogen) atoms. The van der Waals surface area contributed by atoms with E-state index in [2.05, 4.69) is 27.7 Å². The summed E-state index contributed by atoms with van der Waals surface area (Å²) in [4.78, 5) is 0. The van der Waals surface area contributed by atoms with Gasteiger partial charge >= 0.3 is 0 Å². The van der Waals surface area contributed by atoms with Crippen molar-refractivity contribution < 1.29 is 0 Å². The largest absolute Gasteiger partial charge is 0.0625 e. The molecule has 0 bridgehead atoms. The molecule has 0 heterocycles. The van der Waals surface area contributed by atoms with Crippen LogP contribution >= 0.6 is 0 Å². The zero-order valence-corrected chi connectivity index (χ0v) is 14.8. The Morgan fingerprint density at radius 2 is 1.43 bits per heavy atom. The Balaban J connectivity index is 1.62. The summed E-state index contributed by atoms with van der Waals surface area (Å²) in [7, 11) is 0. The van der Waals surface area contributed by atoms with Gasteiger partial charge in [0.15, 0.2) is 0 Å². The molecule has 4 fully saturated rings. The van der Waals surface area contributed by atoms with Crippen LogP contribution < -0.4 is 0 Å². The van der Waals surface area contributed by atoms with Gasteiger partial charge in [0.1, 0.15) is 0 Å². The summed E-state index contributed by atoms with van der Waals surface area (Å²) < 4.78 is 0. The van der Waals surface area contributed by atoms with E-state index in [9.17, 15) is 0 Å². The highest BCUT2D eigenvalue weighted by molar-refractivity contribution is 5.08. The van der Waals surface area contributed by atoms with Crippen molar-refractivity contribution in [2.45, 2.75) is 85.5 Å². The SMILES string of the molecule is CC1CCC2C3CCC4C[C@H](C)CCC4(C)C3CCC12C. The zero-order chi connectivity index (χ0) is 14.8. The molecule has 8 atom stereocenters. The van der Waals surface area contributed by atoms with E-state index in [1.54, 1.807) is 32.1 Å². The van der Waals surface area contributed by atoms with Crippen LogP contribution in [-0.2, 0) is 0 Å². The molecule has 0 nitrogen and oxygen atoms in total. The second-order valence-corrected chi connectivity index (χ2v) is 10.1. The molecule has 0 aromatic heterocycles. The fourth-order valence-corrected chi connectivity index (χ4v) is 7.74. The number of rotatable bonds is 0. The summed E-state index contributed by atoms with van der Waals surface area (Å²) in [6, 6.07) is 0. The van der Waals surface area contributed by atoms with Gasteiger partial charge in [-0.05, 0) is 97.7 Å². The Labute approximate surface area is 132 Å². The summed E-state index contributed by atoms with van der Waals surface area (Å²) in [5.74, 6) is 6.28. The number of fused-ring (bicyclic) bond motifs is 5.